The normalized spacial score (nSPS) is 18.6. The Morgan fingerprint density at radius 2 is 1.97 bits per heavy atom. The van der Waals surface area contributed by atoms with Crippen LogP contribution < -0.4 is 15.4 Å². The SMILES string of the molecule is COc1ccccc1NC(=O)C1=C(C)NC2=C(C(=O)CCC2)C1c1cccc(F)c1. The number of ether oxygens (including phenoxy) is 1. The first-order chi connectivity index (χ1) is 14.5. The van der Waals surface area contributed by atoms with Crippen LogP contribution in [0.15, 0.2) is 71.1 Å². The van der Waals surface area contributed by atoms with Gasteiger partial charge < -0.3 is 15.4 Å². The molecule has 154 valence electrons. The van der Waals surface area contributed by atoms with Crippen LogP contribution in [-0.4, -0.2) is 18.8 Å². The molecule has 6 heteroatoms. The molecule has 0 aromatic heterocycles. The zero-order valence-corrected chi connectivity index (χ0v) is 16.9. The third kappa shape index (κ3) is 3.61. The highest BCUT2D eigenvalue weighted by atomic mass is 19.1. The van der Waals surface area contributed by atoms with Gasteiger partial charge in [-0.1, -0.05) is 24.3 Å². The number of hydrogen-bond acceptors (Lipinski definition) is 4. The molecule has 2 aliphatic rings. The minimum Gasteiger partial charge on any atom is -0.495 e. The van der Waals surface area contributed by atoms with E-state index in [0.29, 0.717) is 40.3 Å². The molecule has 30 heavy (non-hydrogen) atoms. The summed E-state index contributed by atoms with van der Waals surface area (Å²) in [7, 11) is 1.53. The summed E-state index contributed by atoms with van der Waals surface area (Å²) in [4.78, 5) is 26.3. The summed E-state index contributed by atoms with van der Waals surface area (Å²) in [5.41, 5.74) is 3.56. The van der Waals surface area contributed by atoms with Crippen LogP contribution >= 0.6 is 0 Å². The first-order valence-electron chi connectivity index (χ1n) is 9.93. The summed E-state index contributed by atoms with van der Waals surface area (Å²) in [6, 6.07) is 13.2. The fourth-order valence-electron chi connectivity index (χ4n) is 4.24. The van der Waals surface area contributed by atoms with Crippen molar-refractivity contribution in [2.24, 2.45) is 0 Å². The van der Waals surface area contributed by atoms with Crippen molar-refractivity contribution in [3.05, 3.63) is 82.5 Å². The van der Waals surface area contributed by atoms with E-state index < -0.39 is 11.7 Å². The zero-order chi connectivity index (χ0) is 21.3. The summed E-state index contributed by atoms with van der Waals surface area (Å²) >= 11 is 0. The highest BCUT2D eigenvalue weighted by Crippen LogP contribution is 2.42. The quantitative estimate of drug-likeness (QED) is 0.788. The van der Waals surface area contributed by atoms with Crippen LogP contribution in [-0.2, 0) is 9.59 Å². The molecule has 2 aromatic rings. The molecule has 0 bridgehead atoms. The Hall–Kier alpha value is -3.41. The molecule has 1 atom stereocenters. The van der Waals surface area contributed by atoms with Gasteiger partial charge in [-0.05, 0) is 49.6 Å². The number of halogens is 1. The molecule has 5 nitrogen and oxygen atoms in total. The molecule has 0 fully saturated rings. The molecule has 0 radical (unpaired) electrons. The van der Waals surface area contributed by atoms with Gasteiger partial charge in [-0.15, -0.1) is 0 Å². The summed E-state index contributed by atoms with van der Waals surface area (Å²) in [5.74, 6) is -0.862. The molecule has 1 amide bonds. The van der Waals surface area contributed by atoms with Gasteiger partial charge in [0.2, 0.25) is 0 Å². The van der Waals surface area contributed by atoms with Crippen LogP contribution in [0.4, 0.5) is 10.1 Å². The fourth-order valence-corrected chi connectivity index (χ4v) is 4.24. The van der Waals surface area contributed by atoms with Crippen LogP contribution in [0, 0.1) is 5.82 Å². The van der Waals surface area contributed by atoms with Crippen molar-refractivity contribution >= 4 is 17.4 Å². The van der Waals surface area contributed by atoms with Crippen molar-refractivity contribution in [3.63, 3.8) is 0 Å². The number of ketones is 1. The second kappa shape index (κ2) is 8.14. The maximum absolute atomic E-state index is 14.1. The van der Waals surface area contributed by atoms with E-state index in [1.165, 1.54) is 19.2 Å². The van der Waals surface area contributed by atoms with Crippen molar-refractivity contribution in [2.75, 3.05) is 12.4 Å². The van der Waals surface area contributed by atoms with E-state index >= 15 is 0 Å². The number of methoxy groups -OCH3 is 1. The average molecular weight is 406 g/mol. The minimum absolute atomic E-state index is 0.00639. The van der Waals surface area contributed by atoms with Gasteiger partial charge in [-0.3, -0.25) is 9.59 Å². The minimum atomic E-state index is -0.626. The molecule has 1 unspecified atom stereocenters. The van der Waals surface area contributed by atoms with Crippen LogP contribution in [0.5, 0.6) is 5.75 Å². The van der Waals surface area contributed by atoms with E-state index in [0.717, 1.165) is 18.5 Å². The lowest BCUT2D eigenvalue weighted by molar-refractivity contribution is -0.116. The summed E-state index contributed by atoms with van der Waals surface area (Å²) in [6.07, 6.45) is 1.91. The van der Waals surface area contributed by atoms with Gasteiger partial charge in [0.25, 0.3) is 5.91 Å². The average Bonchev–Trinajstić information content (AvgIpc) is 2.73. The number of para-hydroxylation sites is 2. The monoisotopic (exact) mass is 406 g/mol. The molecule has 2 N–H and O–H groups in total. The van der Waals surface area contributed by atoms with Crippen molar-refractivity contribution in [3.8, 4) is 5.75 Å². The predicted molar refractivity (Wildman–Crippen MR) is 112 cm³/mol. The second-order valence-electron chi connectivity index (χ2n) is 7.48. The number of rotatable bonds is 4. The number of amides is 1. The van der Waals surface area contributed by atoms with E-state index in [9.17, 15) is 14.0 Å². The highest BCUT2D eigenvalue weighted by Gasteiger charge is 2.38. The number of carbonyl (C=O) groups is 2. The molecule has 0 spiro atoms. The Labute approximate surface area is 174 Å². The molecule has 0 saturated carbocycles. The maximum atomic E-state index is 14.1. The number of carbonyl (C=O) groups excluding carboxylic acids is 2. The van der Waals surface area contributed by atoms with E-state index in [-0.39, 0.29) is 11.7 Å². The first kappa shape index (κ1) is 19.9. The van der Waals surface area contributed by atoms with Crippen LogP contribution in [0.3, 0.4) is 0 Å². The van der Waals surface area contributed by atoms with E-state index in [1.54, 1.807) is 30.3 Å². The molecular formula is C24H23FN2O3. The Kier molecular flexibility index (Phi) is 5.40. The molecule has 1 aliphatic heterocycles. The van der Waals surface area contributed by atoms with Gasteiger partial charge in [-0.25, -0.2) is 4.39 Å². The Morgan fingerprint density at radius 1 is 1.17 bits per heavy atom. The van der Waals surface area contributed by atoms with E-state index in [2.05, 4.69) is 10.6 Å². The van der Waals surface area contributed by atoms with Crippen LogP contribution in [0.25, 0.3) is 0 Å². The van der Waals surface area contributed by atoms with Crippen molar-refractivity contribution in [1.29, 1.82) is 0 Å². The first-order valence-corrected chi connectivity index (χ1v) is 9.93. The number of anilines is 1. The van der Waals surface area contributed by atoms with Gasteiger partial charge in [0.1, 0.15) is 11.6 Å². The molecule has 0 saturated heterocycles. The van der Waals surface area contributed by atoms with Crippen molar-refractivity contribution in [1.82, 2.24) is 5.32 Å². The molecule has 1 aliphatic carbocycles. The van der Waals surface area contributed by atoms with Crippen molar-refractivity contribution in [2.45, 2.75) is 32.1 Å². The number of Topliss-reactive ketones (excluding diaryl/α,β-unsaturated/α-hetero) is 1. The number of hydrogen-bond donors (Lipinski definition) is 2. The highest BCUT2D eigenvalue weighted by molar-refractivity contribution is 6.10. The van der Waals surface area contributed by atoms with Gasteiger partial charge in [0.15, 0.2) is 5.78 Å². The van der Waals surface area contributed by atoms with Gasteiger partial charge in [0.05, 0.1) is 12.8 Å². The third-order valence-electron chi connectivity index (χ3n) is 5.56. The lowest BCUT2D eigenvalue weighted by Crippen LogP contribution is -2.35. The second-order valence-corrected chi connectivity index (χ2v) is 7.48. The predicted octanol–water partition coefficient (Wildman–Crippen LogP) is 4.44. The lowest BCUT2D eigenvalue weighted by atomic mass is 9.75. The Morgan fingerprint density at radius 3 is 2.73 bits per heavy atom. The maximum Gasteiger partial charge on any atom is 0.254 e. The Balaban J connectivity index is 1.80. The summed E-state index contributed by atoms with van der Waals surface area (Å²) in [6.45, 7) is 1.81. The molecule has 1 heterocycles. The number of benzene rings is 2. The summed E-state index contributed by atoms with van der Waals surface area (Å²) < 4.78 is 19.4. The van der Waals surface area contributed by atoms with E-state index in [4.69, 9.17) is 4.74 Å². The van der Waals surface area contributed by atoms with Gasteiger partial charge >= 0.3 is 0 Å². The Bertz CT molecular complexity index is 1090. The molecular weight excluding hydrogens is 383 g/mol. The zero-order valence-electron chi connectivity index (χ0n) is 16.9. The van der Waals surface area contributed by atoms with Gasteiger partial charge in [-0.2, -0.15) is 0 Å². The third-order valence-corrected chi connectivity index (χ3v) is 5.56. The summed E-state index contributed by atoms with van der Waals surface area (Å²) in [5, 5.41) is 6.16. The van der Waals surface area contributed by atoms with Crippen LogP contribution in [0.2, 0.25) is 0 Å². The topological polar surface area (TPSA) is 67.4 Å². The van der Waals surface area contributed by atoms with E-state index in [1.807, 2.05) is 13.0 Å². The fraction of sp³-hybridized carbons (Fsp3) is 0.250. The largest absolute Gasteiger partial charge is 0.495 e. The van der Waals surface area contributed by atoms with Crippen molar-refractivity contribution < 1.29 is 18.7 Å². The number of nitrogens with one attached hydrogen (secondary N) is 2. The molecule has 4 rings (SSSR count). The number of allylic oxidation sites excluding steroid dienone is 3. The molecule has 2 aromatic carbocycles. The van der Waals surface area contributed by atoms with Gasteiger partial charge in [0, 0.05) is 34.9 Å². The standard InChI is InChI=1S/C24H23FN2O3/c1-14-21(24(29)27-17-9-3-4-12-20(17)30-2)22(15-7-5-8-16(25)13-15)23-18(26-14)10-6-11-19(23)28/h3-5,7-9,12-13,22,26H,6,10-11H2,1-2H3,(H,27,29). The number of dihydropyridines is 1. The smallest absolute Gasteiger partial charge is 0.254 e. The lowest BCUT2D eigenvalue weighted by Gasteiger charge is -2.34. The van der Waals surface area contributed by atoms with Crippen LogP contribution in [0.1, 0.15) is 37.7 Å².